The molecule has 0 atom stereocenters. The molecule has 1 aromatic carbocycles. The topological polar surface area (TPSA) is 68.0 Å². The Morgan fingerprint density at radius 1 is 1.39 bits per heavy atom. The van der Waals surface area contributed by atoms with Gasteiger partial charge in [0, 0.05) is 0 Å². The van der Waals surface area contributed by atoms with Gasteiger partial charge in [0.15, 0.2) is 0 Å². The summed E-state index contributed by atoms with van der Waals surface area (Å²) in [5.41, 5.74) is 6.16. The molecule has 0 saturated heterocycles. The van der Waals surface area contributed by atoms with Crippen LogP contribution in [0.5, 0.6) is 0 Å². The van der Waals surface area contributed by atoms with E-state index >= 15 is 0 Å². The van der Waals surface area contributed by atoms with Crippen molar-refractivity contribution in [3.8, 4) is 11.8 Å². The zero-order valence-corrected chi connectivity index (χ0v) is 10.6. The van der Waals surface area contributed by atoms with Gasteiger partial charge in [-0.3, -0.25) is 4.79 Å². The molecule has 92 valence electrons. The molecule has 4 nitrogen and oxygen atoms in total. The summed E-state index contributed by atoms with van der Waals surface area (Å²) in [5, 5.41) is 3.58. The summed E-state index contributed by atoms with van der Waals surface area (Å²) < 4.78 is 1.17. The Morgan fingerprint density at radius 2 is 2.22 bits per heavy atom. The number of benzene rings is 1. The molecule has 0 bridgehead atoms. The Kier molecular flexibility index (Phi) is 4.29. The third-order valence-corrected chi connectivity index (χ3v) is 3.30. The highest BCUT2D eigenvalue weighted by Gasteiger charge is 2.00. The van der Waals surface area contributed by atoms with Crippen LogP contribution in [0.25, 0.3) is 10.2 Å². The van der Waals surface area contributed by atoms with Crippen LogP contribution in [-0.4, -0.2) is 24.0 Å². The molecular formula is C13H13N3OS. The Morgan fingerprint density at radius 3 is 3.00 bits per heavy atom. The van der Waals surface area contributed by atoms with E-state index < -0.39 is 0 Å². The van der Waals surface area contributed by atoms with E-state index in [1.165, 1.54) is 4.70 Å². The number of aromatic nitrogens is 1. The standard InChI is InChI=1S/C13H13N3OS/c14-9-12(17)15-8-4-3-7-13-16-10-5-1-2-6-11(10)18-13/h1-2,5-6H,7-9,14H2,(H,15,17). The molecule has 0 unspecified atom stereocenters. The molecule has 2 rings (SSSR count). The highest BCUT2D eigenvalue weighted by Crippen LogP contribution is 2.21. The molecule has 0 spiro atoms. The number of nitrogens with one attached hydrogen (secondary N) is 1. The average Bonchev–Trinajstić information content (AvgIpc) is 2.80. The van der Waals surface area contributed by atoms with Gasteiger partial charge in [-0.2, -0.15) is 0 Å². The summed E-state index contributed by atoms with van der Waals surface area (Å²) in [4.78, 5) is 15.3. The average molecular weight is 259 g/mol. The number of nitrogens with zero attached hydrogens (tertiary/aromatic N) is 1. The molecule has 0 aliphatic carbocycles. The van der Waals surface area contributed by atoms with Crippen molar-refractivity contribution in [3.63, 3.8) is 0 Å². The van der Waals surface area contributed by atoms with Crippen molar-refractivity contribution in [1.82, 2.24) is 10.3 Å². The summed E-state index contributed by atoms with van der Waals surface area (Å²) in [6.07, 6.45) is 0.609. The maximum absolute atomic E-state index is 10.8. The largest absolute Gasteiger partial charge is 0.344 e. The minimum atomic E-state index is -0.190. The number of nitrogens with two attached hydrogens (primary N) is 1. The second-order valence-corrected chi connectivity index (χ2v) is 4.70. The van der Waals surface area contributed by atoms with Gasteiger partial charge in [0.1, 0.15) is 5.01 Å². The van der Waals surface area contributed by atoms with E-state index in [1.807, 2.05) is 24.3 Å². The van der Waals surface area contributed by atoms with Gasteiger partial charge in [-0.25, -0.2) is 4.98 Å². The minimum absolute atomic E-state index is 0.000447. The first-order valence-corrected chi connectivity index (χ1v) is 6.38. The summed E-state index contributed by atoms with van der Waals surface area (Å²) in [5.74, 6) is 5.67. The van der Waals surface area contributed by atoms with Crippen LogP contribution in [0.1, 0.15) is 5.01 Å². The Hall–Kier alpha value is -1.90. The number of hydrogen-bond donors (Lipinski definition) is 2. The van der Waals surface area contributed by atoms with Crippen LogP contribution >= 0.6 is 11.3 Å². The maximum atomic E-state index is 10.8. The van der Waals surface area contributed by atoms with Crippen LogP contribution in [0.3, 0.4) is 0 Å². The summed E-state index contributed by atoms with van der Waals surface area (Å²) in [6.45, 7) is 0.334. The van der Waals surface area contributed by atoms with Gasteiger partial charge in [0.05, 0.1) is 29.7 Å². The molecule has 3 N–H and O–H groups in total. The lowest BCUT2D eigenvalue weighted by Gasteiger charge is -1.94. The Balaban J connectivity index is 1.90. The second-order valence-electron chi connectivity index (χ2n) is 3.59. The second kappa shape index (κ2) is 6.15. The van der Waals surface area contributed by atoms with Crippen LogP contribution in [0.4, 0.5) is 0 Å². The molecule has 2 aromatic rings. The first-order chi connectivity index (χ1) is 8.79. The molecule has 1 amide bonds. The van der Waals surface area contributed by atoms with Crippen molar-refractivity contribution in [2.24, 2.45) is 5.73 Å². The normalized spacial score (nSPS) is 9.83. The smallest absolute Gasteiger partial charge is 0.234 e. The minimum Gasteiger partial charge on any atom is -0.344 e. The molecule has 5 heteroatoms. The number of carbonyl (C=O) groups is 1. The molecule has 0 saturated carbocycles. The van der Waals surface area contributed by atoms with Crippen molar-refractivity contribution in [1.29, 1.82) is 0 Å². The predicted molar refractivity (Wildman–Crippen MR) is 73.2 cm³/mol. The quantitative estimate of drug-likeness (QED) is 0.805. The summed E-state index contributed by atoms with van der Waals surface area (Å²) >= 11 is 1.65. The first-order valence-electron chi connectivity index (χ1n) is 5.56. The zero-order chi connectivity index (χ0) is 12.8. The van der Waals surface area contributed by atoms with E-state index in [4.69, 9.17) is 5.73 Å². The number of thiazole rings is 1. The van der Waals surface area contributed by atoms with Crippen molar-refractivity contribution >= 4 is 27.5 Å². The molecule has 0 fully saturated rings. The summed E-state index contributed by atoms with van der Waals surface area (Å²) in [6, 6.07) is 8.01. The van der Waals surface area contributed by atoms with Crippen LogP contribution in [0.2, 0.25) is 0 Å². The molecule has 0 aliphatic rings. The number of hydrogen-bond acceptors (Lipinski definition) is 4. The van der Waals surface area contributed by atoms with Gasteiger partial charge in [-0.1, -0.05) is 24.0 Å². The third kappa shape index (κ3) is 3.29. The molecule has 0 radical (unpaired) electrons. The Labute approximate surface area is 109 Å². The van der Waals surface area contributed by atoms with Crippen LogP contribution in [0.15, 0.2) is 24.3 Å². The molecule has 1 heterocycles. The van der Waals surface area contributed by atoms with E-state index in [2.05, 4.69) is 22.1 Å². The van der Waals surface area contributed by atoms with Gasteiger partial charge in [0.2, 0.25) is 5.91 Å². The van der Waals surface area contributed by atoms with E-state index in [1.54, 1.807) is 11.3 Å². The highest BCUT2D eigenvalue weighted by molar-refractivity contribution is 7.18. The zero-order valence-electron chi connectivity index (χ0n) is 9.77. The van der Waals surface area contributed by atoms with E-state index in [9.17, 15) is 4.79 Å². The highest BCUT2D eigenvalue weighted by atomic mass is 32.1. The molecule has 18 heavy (non-hydrogen) atoms. The third-order valence-electron chi connectivity index (χ3n) is 2.26. The number of para-hydroxylation sites is 1. The van der Waals surface area contributed by atoms with Crippen molar-refractivity contribution in [2.45, 2.75) is 6.42 Å². The van der Waals surface area contributed by atoms with Crippen LogP contribution < -0.4 is 11.1 Å². The van der Waals surface area contributed by atoms with E-state index in [0.717, 1.165) is 10.5 Å². The van der Waals surface area contributed by atoms with Gasteiger partial charge in [0.25, 0.3) is 0 Å². The van der Waals surface area contributed by atoms with Crippen molar-refractivity contribution in [3.05, 3.63) is 29.3 Å². The van der Waals surface area contributed by atoms with Crippen LogP contribution in [0, 0.1) is 11.8 Å². The SMILES string of the molecule is NCC(=O)NCC#CCc1nc2ccccc2s1. The number of fused-ring (bicyclic) bond motifs is 1. The monoisotopic (exact) mass is 259 g/mol. The van der Waals surface area contributed by atoms with Crippen molar-refractivity contribution in [2.75, 3.05) is 13.1 Å². The predicted octanol–water partition coefficient (Wildman–Crippen LogP) is 0.917. The van der Waals surface area contributed by atoms with E-state index in [-0.39, 0.29) is 12.5 Å². The first kappa shape index (κ1) is 12.6. The Bertz CT molecular complexity index is 576. The number of carbonyl (C=O) groups excluding carboxylic acids is 1. The fourth-order valence-electron chi connectivity index (χ4n) is 1.41. The number of amides is 1. The molecule has 0 aliphatic heterocycles. The van der Waals surface area contributed by atoms with Crippen molar-refractivity contribution < 1.29 is 4.79 Å². The van der Waals surface area contributed by atoms with Gasteiger partial charge >= 0.3 is 0 Å². The van der Waals surface area contributed by atoms with Crippen LogP contribution in [-0.2, 0) is 11.2 Å². The fourth-order valence-corrected chi connectivity index (χ4v) is 2.32. The van der Waals surface area contributed by atoms with Gasteiger partial charge in [-0.15, -0.1) is 11.3 Å². The van der Waals surface area contributed by atoms with E-state index in [0.29, 0.717) is 13.0 Å². The lowest BCUT2D eigenvalue weighted by Crippen LogP contribution is -2.30. The molecule has 1 aromatic heterocycles. The lowest BCUT2D eigenvalue weighted by atomic mass is 10.3. The van der Waals surface area contributed by atoms with Gasteiger partial charge in [-0.05, 0) is 12.1 Å². The maximum Gasteiger partial charge on any atom is 0.234 e. The summed E-state index contributed by atoms with van der Waals surface area (Å²) in [7, 11) is 0. The fraction of sp³-hybridized carbons (Fsp3) is 0.231. The number of rotatable bonds is 3. The molecular weight excluding hydrogens is 246 g/mol. The lowest BCUT2D eigenvalue weighted by molar-refractivity contribution is -0.119. The van der Waals surface area contributed by atoms with Gasteiger partial charge < -0.3 is 11.1 Å².